The Morgan fingerprint density at radius 3 is 2.09 bits per heavy atom. The second kappa shape index (κ2) is 14.1. The van der Waals surface area contributed by atoms with Crippen LogP contribution in [-0.2, 0) is 26.2 Å². The lowest BCUT2D eigenvalue weighted by molar-refractivity contribution is -0.141. The molecule has 0 fully saturated rings. The third-order valence-electron chi connectivity index (χ3n) is 6.49. The van der Waals surface area contributed by atoms with Gasteiger partial charge in [0.15, 0.2) is 11.5 Å². The van der Waals surface area contributed by atoms with E-state index >= 15 is 0 Å². The van der Waals surface area contributed by atoms with Gasteiger partial charge in [-0.25, -0.2) is 12.8 Å². The van der Waals surface area contributed by atoms with Gasteiger partial charge in [-0.15, -0.1) is 0 Å². The minimum Gasteiger partial charge on any atom is -0.493 e. The lowest BCUT2D eigenvalue weighted by Crippen LogP contribution is -2.55. The molecular weight excluding hydrogens is 597 g/mol. The second-order valence-corrected chi connectivity index (χ2v) is 13.1. The van der Waals surface area contributed by atoms with Crippen LogP contribution in [0.3, 0.4) is 0 Å². The zero-order valence-electron chi connectivity index (χ0n) is 25.1. The van der Waals surface area contributed by atoms with Crippen LogP contribution in [0.2, 0.25) is 5.02 Å². The van der Waals surface area contributed by atoms with Crippen molar-refractivity contribution in [3.63, 3.8) is 0 Å². The Balaban J connectivity index is 2.10. The molecule has 0 bridgehead atoms. The number of amides is 2. The molecule has 2 amide bonds. The summed E-state index contributed by atoms with van der Waals surface area (Å²) in [5.74, 6) is -0.968. The summed E-state index contributed by atoms with van der Waals surface area (Å²) in [4.78, 5) is 28.7. The van der Waals surface area contributed by atoms with Crippen LogP contribution in [0.25, 0.3) is 0 Å². The Morgan fingerprint density at radius 1 is 0.953 bits per heavy atom. The number of sulfonamides is 1. The van der Waals surface area contributed by atoms with Crippen LogP contribution in [0.1, 0.15) is 39.7 Å². The molecule has 0 unspecified atom stereocenters. The van der Waals surface area contributed by atoms with Crippen molar-refractivity contribution in [2.24, 2.45) is 0 Å². The van der Waals surface area contributed by atoms with E-state index in [1.54, 1.807) is 6.92 Å². The van der Waals surface area contributed by atoms with Crippen LogP contribution in [0, 0.1) is 5.82 Å². The molecule has 0 radical (unpaired) electrons. The smallest absolute Gasteiger partial charge is 0.264 e. The number of halogens is 2. The molecule has 3 aromatic rings. The Morgan fingerprint density at radius 2 is 1.56 bits per heavy atom. The number of nitrogens with one attached hydrogen (secondary N) is 1. The summed E-state index contributed by atoms with van der Waals surface area (Å²) in [5, 5.41) is 3.28. The fourth-order valence-corrected chi connectivity index (χ4v) is 5.96. The van der Waals surface area contributed by atoms with E-state index in [9.17, 15) is 22.4 Å². The van der Waals surface area contributed by atoms with Gasteiger partial charge in [-0.3, -0.25) is 13.9 Å². The maximum absolute atomic E-state index is 14.1. The van der Waals surface area contributed by atoms with Gasteiger partial charge in [0, 0.05) is 23.2 Å². The zero-order valence-corrected chi connectivity index (χ0v) is 26.6. The quantitative estimate of drug-likeness (QED) is 0.286. The fraction of sp³-hybridized carbons (Fsp3) is 0.355. The first kappa shape index (κ1) is 33.7. The van der Waals surface area contributed by atoms with Crippen LogP contribution in [0.5, 0.6) is 11.5 Å². The fourth-order valence-electron chi connectivity index (χ4n) is 4.40. The molecule has 0 aliphatic rings. The van der Waals surface area contributed by atoms with E-state index in [4.69, 9.17) is 21.1 Å². The maximum Gasteiger partial charge on any atom is 0.264 e. The molecule has 1 N–H and O–H groups in total. The van der Waals surface area contributed by atoms with Gasteiger partial charge in [0.05, 0.1) is 24.8 Å². The highest BCUT2D eigenvalue weighted by Gasteiger charge is 2.35. The van der Waals surface area contributed by atoms with E-state index in [0.717, 1.165) is 4.31 Å². The van der Waals surface area contributed by atoms with Gasteiger partial charge in [0.2, 0.25) is 11.8 Å². The normalized spacial score (nSPS) is 12.3. The minimum absolute atomic E-state index is 0.0555. The van der Waals surface area contributed by atoms with Crippen LogP contribution in [-0.4, -0.2) is 57.5 Å². The zero-order chi connectivity index (χ0) is 31.9. The summed E-state index contributed by atoms with van der Waals surface area (Å²) in [6.07, 6.45) is 0.248. The first-order valence-corrected chi connectivity index (χ1v) is 15.4. The van der Waals surface area contributed by atoms with E-state index in [1.807, 2.05) is 20.8 Å². The third kappa shape index (κ3) is 8.61. The summed E-state index contributed by atoms with van der Waals surface area (Å²) in [5.41, 5.74) is 0.167. The van der Waals surface area contributed by atoms with E-state index in [2.05, 4.69) is 5.32 Å². The Kier molecular flexibility index (Phi) is 11.0. The average Bonchev–Trinajstić information content (AvgIpc) is 2.95. The first-order chi connectivity index (χ1) is 20.2. The maximum atomic E-state index is 14.1. The number of carbonyl (C=O) groups is 2. The lowest BCUT2D eigenvalue weighted by atomic mass is 10.1. The van der Waals surface area contributed by atoms with E-state index in [0.29, 0.717) is 16.3 Å². The van der Waals surface area contributed by atoms with Crippen molar-refractivity contribution in [2.75, 3.05) is 25.1 Å². The summed E-state index contributed by atoms with van der Waals surface area (Å²) in [6.45, 7) is 6.53. The third-order valence-corrected chi connectivity index (χ3v) is 8.51. The van der Waals surface area contributed by atoms with Gasteiger partial charge in [-0.05, 0) is 81.3 Å². The highest BCUT2D eigenvalue weighted by atomic mass is 35.5. The second-order valence-electron chi connectivity index (χ2n) is 10.8. The average molecular weight is 634 g/mol. The van der Waals surface area contributed by atoms with Gasteiger partial charge < -0.3 is 19.7 Å². The Bertz CT molecular complexity index is 1530. The van der Waals surface area contributed by atoms with Crippen molar-refractivity contribution in [1.29, 1.82) is 0 Å². The van der Waals surface area contributed by atoms with E-state index < -0.39 is 45.8 Å². The molecule has 232 valence electrons. The SMILES string of the molecule is CC[C@H](C(=O)NC(C)(C)C)N(Cc1ccc(F)cc1)C(=O)CN(c1ccc(Cl)cc1)S(=O)(=O)c1ccc(OC)c(OC)c1. The monoisotopic (exact) mass is 633 g/mol. The molecule has 0 aliphatic carbocycles. The van der Waals surface area contributed by atoms with Crippen LogP contribution in [0.4, 0.5) is 10.1 Å². The summed E-state index contributed by atoms with van der Waals surface area (Å²) >= 11 is 6.08. The first-order valence-electron chi connectivity index (χ1n) is 13.6. The standard InChI is InChI=1S/C31H37ClFN3O6S/c1-7-26(30(38)34-31(2,3)4)35(19-21-8-12-23(33)13-9-21)29(37)20-36(24-14-10-22(32)11-15-24)43(39,40)25-16-17-27(41-5)28(18-25)42-6/h8-18,26H,7,19-20H2,1-6H3,(H,34,38)/t26-/m1/s1. The number of rotatable bonds is 12. The van der Waals surface area contributed by atoms with E-state index in [1.165, 1.54) is 85.8 Å². The van der Waals surface area contributed by atoms with Gasteiger partial charge in [-0.2, -0.15) is 0 Å². The lowest BCUT2D eigenvalue weighted by Gasteiger charge is -2.34. The number of anilines is 1. The number of methoxy groups -OCH3 is 2. The molecule has 3 rings (SSSR count). The van der Waals surface area contributed by atoms with Gasteiger partial charge in [0.1, 0.15) is 18.4 Å². The molecule has 3 aromatic carbocycles. The van der Waals surface area contributed by atoms with Gasteiger partial charge >= 0.3 is 0 Å². The highest BCUT2D eigenvalue weighted by Crippen LogP contribution is 2.33. The Hall–Kier alpha value is -3.83. The number of ether oxygens (including phenoxy) is 2. The van der Waals surface area contributed by atoms with Gasteiger partial charge in [-0.1, -0.05) is 30.7 Å². The molecule has 0 aliphatic heterocycles. The number of nitrogens with zero attached hydrogens (tertiary/aromatic N) is 2. The van der Waals surface area contributed by atoms with Crippen molar-refractivity contribution < 1.29 is 31.9 Å². The van der Waals surface area contributed by atoms with Crippen LogP contribution in [0.15, 0.2) is 71.6 Å². The topological polar surface area (TPSA) is 105 Å². The molecule has 0 aromatic heterocycles. The number of benzene rings is 3. The van der Waals surface area contributed by atoms with Crippen LogP contribution >= 0.6 is 11.6 Å². The Labute approximate surface area is 257 Å². The van der Waals surface area contributed by atoms with E-state index in [-0.39, 0.29) is 29.3 Å². The molecule has 9 nitrogen and oxygen atoms in total. The molecule has 12 heteroatoms. The molecule has 0 heterocycles. The summed E-state index contributed by atoms with van der Waals surface area (Å²) in [6, 6.07) is 14.7. The van der Waals surface area contributed by atoms with Gasteiger partial charge in [0.25, 0.3) is 10.0 Å². The van der Waals surface area contributed by atoms with Crippen molar-refractivity contribution in [1.82, 2.24) is 10.2 Å². The number of hydrogen-bond acceptors (Lipinski definition) is 6. The predicted octanol–water partition coefficient (Wildman–Crippen LogP) is 5.41. The van der Waals surface area contributed by atoms with Crippen LogP contribution < -0.4 is 19.1 Å². The van der Waals surface area contributed by atoms with Crippen molar-refractivity contribution in [3.8, 4) is 11.5 Å². The summed E-state index contributed by atoms with van der Waals surface area (Å²) in [7, 11) is -1.54. The number of carbonyl (C=O) groups excluding carboxylic acids is 2. The van der Waals surface area contributed by atoms with Crippen molar-refractivity contribution in [2.45, 2.75) is 57.1 Å². The highest BCUT2D eigenvalue weighted by molar-refractivity contribution is 7.92. The minimum atomic E-state index is -4.36. The molecule has 43 heavy (non-hydrogen) atoms. The molecule has 0 saturated carbocycles. The molecule has 0 spiro atoms. The number of hydrogen-bond donors (Lipinski definition) is 1. The molecule has 1 atom stereocenters. The predicted molar refractivity (Wildman–Crippen MR) is 164 cm³/mol. The molecular formula is C31H37ClFN3O6S. The summed E-state index contributed by atoms with van der Waals surface area (Å²) < 4.78 is 53.4. The van der Waals surface area contributed by atoms with Crippen molar-refractivity contribution in [3.05, 3.63) is 83.1 Å². The van der Waals surface area contributed by atoms with Crippen molar-refractivity contribution >= 4 is 39.1 Å². The largest absolute Gasteiger partial charge is 0.493 e. The molecule has 0 saturated heterocycles.